The third kappa shape index (κ3) is 2.31. The largest absolute Gasteiger partial charge is 0.366 e. The lowest BCUT2D eigenvalue weighted by Crippen LogP contribution is -2.18. The first kappa shape index (κ1) is 8.75. The minimum absolute atomic E-state index is 0.435. The molecule has 1 saturated carbocycles. The number of hydrogen-bond acceptors (Lipinski definition) is 3. The second-order valence-corrected chi connectivity index (χ2v) is 3.90. The Morgan fingerprint density at radius 1 is 1.46 bits per heavy atom. The summed E-state index contributed by atoms with van der Waals surface area (Å²) in [5.41, 5.74) is 0. The molecule has 1 N–H and O–H groups in total. The molecule has 2 rings (SSSR count). The van der Waals surface area contributed by atoms with Crippen molar-refractivity contribution in [3.63, 3.8) is 0 Å². The van der Waals surface area contributed by atoms with E-state index in [9.17, 15) is 0 Å². The fraction of sp³-hybridized carbons (Fsp3) is 0.556. The third-order valence-electron chi connectivity index (χ3n) is 2.34. The summed E-state index contributed by atoms with van der Waals surface area (Å²) in [6.07, 6.45) is 2.66. The molecule has 0 spiro atoms. The van der Waals surface area contributed by atoms with Gasteiger partial charge >= 0.3 is 0 Å². The van der Waals surface area contributed by atoms with Crippen LogP contribution in [-0.4, -0.2) is 16.2 Å². The van der Waals surface area contributed by atoms with Crippen LogP contribution in [0.25, 0.3) is 0 Å². The Morgan fingerprint density at radius 2 is 2.23 bits per heavy atom. The van der Waals surface area contributed by atoms with E-state index in [1.54, 1.807) is 6.07 Å². The van der Waals surface area contributed by atoms with Gasteiger partial charge in [-0.05, 0) is 37.8 Å². The highest BCUT2D eigenvalue weighted by molar-refractivity contribution is 6.29. The molecule has 0 amide bonds. The molecule has 0 radical (unpaired) electrons. The molecule has 0 saturated heterocycles. The lowest BCUT2D eigenvalue weighted by molar-refractivity contribution is 0.688. The Bertz CT molecular complexity index is 281. The topological polar surface area (TPSA) is 37.8 Å². The molecule has 1 unspecified atom stereocenters. The van der Waals surface area contributed by atoms with Gasteiger partial charge in [-0.2, -0.15) is 0 Å². The van der Waals surface area contributed by atoms with E-state index in [-0.39, 0.29) is 0 Å². The maximum Gasteiger partial charge on any atom is 0.151 e. The van der Waals surface area contributed by atoms with E-state index in [1.807, 2.05) is 6.07 Å². The molecule has 0 aromatic carbocycles. The van der Waals surface area contributed by atoms with Crippen molar-refractivity contribution in [2.75, 3.05) is 5.32 Å². The minimum atomic E-state index is 0.435. The molecule has 13 heavy (non-hydrogen) atoms. The average molecular weight is 198 g/mol. The first-order valence-electron chi connectivity index (χ1n) is 4.51. The van der Waals surface area contributed by atoms with E-state index >= 15 is 0 Å². The smallest absolute Gasteiger partial charge is 0.151 e. The lowest BCUT2D eigenvalue weighted by Gasteiger charge is -2.12. The molecule has 3 nitrogen and oxygen atoms in total. The Morgan fingerprint density at radius 3 is 2.77 bits per heavy atom. The van der Waals surface area contributed by atoms with Crippen molar-refractivity contribution in [1.82, 2.24) is 10.2 Å². The van der Waals surface area contributed by atoms with Gasteiger partial charge in [0.1, 0.15) is 5.82 Å². The zero-order chi connectivity index (χ0) is 9.26. The van der Waals surface area contributed by atoms with Crippen LogP contribution in [0.3, 0.4) is 0 Å². The summed E-state index contributed by atoms with van der Waals surface area (Å²) in [4.78, 5) is 0. The van der Waals surface area contributed by atoms with Crippen LogP contribution < -0.4 is 5.32 Å². The third-order valence-corrected chi connectivity index (χ3v) is 2.54. The molecule has 1 fully saturated rings. The first-order chi connectivity index (χ1) is 6.25. The van der Waals surface area contributed by atoms with Gasteiger partial charge in [-0.25, -0.2) is 0 Å². The second-order valence-electron chi connectivity index (χ2n) is 3.51. The van der Waals surface area contributed by atoms with E-state index in [1.165, 1.54) is 12.8 Å². The van der Waals surface area contributed by atoms with Crippen molar-refractivity contribution < 1.29 is 0 Å². The van der Waals surface area contributed by atoms with E-state index in [4.69, 9.17) is 11.6 Å². The molecule has 1 aromatic heterocycles. The van der Waals surface area contributed by atoms with Crippen LogP contribution in [0.2, 0.25) is 5.15 Å². The Balaban J connectivity index is 1.96. The number of nitrogens with zero attached hydrogens (tertiary/aromatic N) is 2. The van der Waals surface area contributed by atoms with Gasteiger partial charge in [0.25, 0.3) is 0 Å². The molecular formula is C9H12ClN3. The van der Waals surface area contributed by atoms with Gasteiger partial charge in [0.15, 0.2) is 5.15 Å². The molecule has 70 valence electrons. The lowest BCUT2D eigenvalue weighted by atomic mass is 10.2. The van der Waals surface area contributed by atoms with E-state index in [2.05, 4.69) is 22.4 Å². The van der Waals surface area contributed by atoms with Crippen molar-refractivity contribution in [1.29, 1.82) is 0 Å². The van der Waals surface area contributed by atoms with Crippen molar-refractivity contribution >= 4 is 17.4 Å². The SMILES string of the molecule is CC(Nc1ccc(Cl)nn1)C1CC1. The molecule has 1 aliphatic rings. The maximum absolute atomic E-state index is 5.62. The summed E-state index contributed by atoms with van der Waals surface area (Å²) in [6.45, 7) is 2.17. The molecule has 1 heterocycles. The van der Waals surface area contributed by atoms with Gasteiger partial charge in [-0.15, -0.1) is 10.2 Å². The maximum atomic E-state index is 5.62. The van der Waals surface area contributed by atoms with E-state index in [0.717, 1.165) is 11.7 Å². The van der Waals surface area contributed by atoms with Crippen molar-refractivity contribution in [3.8, 4) is 0 Å². The highest BCUT2D eigenvalue weighted by atomic mass is 35.5. The fourth-order valence-corrected chi connectivity index (χ4v) is 1.44. The van der Waals surface area contributed by atoms with Gasteiger partial charge in [0, 0.05) is 6.04 Å². The number of anilines is 1. The number of halogens is 1. The molecule has 1 aliphatic carbocycles. The Kier molecular flexibility index (Phi) is 2.36. The summed E-state index contributed by atoms with van der Waals surface area (Å²) < 4.78 is 0. The zero-order valence-corrected chi connectivity index (χ0v) is 8.25. The number of hydrogen-bond donors (Lipinski definition) is 1. The van der Waals surface area contributed by atoms with Crippen molar-refractivity contribution in [2.24, 2.45) is 5.92 Å². The fourth-order valence-electron chi connectivity index (χ4n) is 1.34. The molecule has 4 heteroatoms. The minimum Gasteiger partial charge on any atom is -0.366 e. The van der Waals surface area contributed by atoms with Gasteiger partial charge < -0.3 is 5.32 Å². The van der Waals surface area contributed by atoms with Gasteiger partial charge in [0.2, 0.25) is 0 Å². The molecule has 0 bridgehead atoms. The number of rotatable bonds is 3. The second kappa shape index (κ2) is 3.50. The zero-order valence-electron chi connectivity index (χ0n) is 7.50. The van der Waals surface area contributed by atoms with Gasteiger partial charge in [-0.1, -0.05) is 11.6 Å². The molecule has 1 aromatic rings. The van der Waals surface area contributed by atoms with Crippen LogP contribution in [-0.2, 0) is 0 Å². The standard InChI is InChI=1S/C9H12ClN3/c1-6(7-2-3-7)11-9-5-4-8(10)12-13-9/h4-7H,2-3H2,1H3,(H,11,13). The Labute approximate surface area is 82.5 Å². The van der Waals surface area contributed by atoms with E-state index < -0.39 is 0 Å². The van der Waals surface area contributed by atoms with Crippen molar-refractivity contribution in [3.05, 3.63) is 17.3 Å². The van der Waals surface area contributed by atoms with Crippen LogP contribution in [0, 0.1) is 5.92 Å². The Hall–Kier alpha value is -0.830. The highest BCUT2D eigenvalue weighted by Crippen LogP contribution is 2.33. The average Bonchev–Trinajstić information content (AvgIpc) is 2.91. The monoisotopic (exact) mass is 197 g/mol. The summed E-state index contributed by atoms with van der Waals surface area (Å²) in [7, 11) is 0. The normalized spacial score (nSPS) is 18.3. The number of nitrogens with one attached hydrogen (secondary N) is 1. The van der Waals surface area contributed by atoms with Crippen LogP contribution in [0.1, 0.15) is 19.8 Å². The molecule has 1 atom stereocenters. The summed E-state index contributed by atoms with van der Waals surface area (Å²) in [5, 5.41) is 11.4. The summed E-state index contributed by atoms with van der Waals surface area (Å²) >= 11 is 5.62. The van der Waals surface area contributed by atoms with E-state index in [0.29, 0.717) is 11.2 Å². The summed E-state index contributed by atoms with van der Waals surface area (Å²) in [5.74, 6) is 1.63. The summed E-state index contributed by atoms with van der Waals surface area (Å²) in [6, 6.07) is 4.10. The van der Waals surface area contributed by atoms with Crippen LogP contribution in [0.15, 0.2) is 12.1 Å². The van der Waals surface area contributed by atoms with Crippen LogP contribution >= 0.6 is 11.6 Å². The highest BCUT2D eigenvalue weighted by Gasteiger charge is 2.27. The molecular weight excluding hydrogens is 186 g/mol. The number of aromatic nitrogens is 2. The van der Waals surface area contributed by atoms with Crippen LogP contribution in [0.4, 0.5) is 5.82 Å². The predicted molar refractivity (Wildman–Crippen MR) is 52.9 cm³/mol. The predicted octanol–water partition coefficient (Wildman–Crippen LogP) is 2.34. The first-order valence-corrected chi connectivity index (χ1v) is 4.89. The molecule has 0 aliphatic heterocycles. The van der Waals surface area contributed by atoms with Gasteiger partial charge in [0.05, 0.1) is 0 Å². The quantitative estimate of drug-likeness (QED) is 0.809. The van der Waals surface area contributed by atoms with Crippen LogP contribution in [0.5, 0.6) is 0 Å². The van der Waals surface area contributed by atoms with Gasteiger partial charge in [-0.3, -0.25) is 0 Å². The van der Waals surface area contributed by atoms with Crippen molar-refractivity contribution in [2.45, 2.75) is 25.8 Å².